The van der Waals surface area contributed by atoms with E-state index < -0.39 is 10.8 Å². The maximum absolute atomic E-state index is 12.1. The summed E-state index contributed by atoms with van der Waals surface area (Å²) < 4.78 is 0. The van der Waals surface area contributed by atoms with Gasteiger partial charge >= 0.3 is 0 Å². The Morgan fingerprint density at radius 1 is 1.19 bits per heavy atom. The van der Waals surface area contributed by atoms with Gasteiger partial charge in [0.2, 0.25) is 0 Å². The van der Waals surface area contributed by atoms with E-state index in [1.807, 2.05) is 0 Å². The summed E-state index contributed by atoms with van der Waals surface area (Å²) >= 11 is 5.80. The average Bonchev–Trinajstić information content (AvgIpc) is 2.64. The number of nitrogens with one attached hydrogen (secondary N) is 1. The first-order chi connectivity index (χ1) is 12.8. The van der Waals surface area contributed by atoms with Crippen molar-refractivity contribution < 1.29 is 14.5 Å². The third kappa shape index (κ3) is 5.30. The molecule has 2 amide bonds. The largest absolute Gasteiger partial charge is 0.345 e. The van der Waals surface area contributed by atoms with E-state index in [4.69, 9.17) is 11.6 Å². The van der Waals surface area contributed by atoms with Crippen LogP contribution in [0.4, 0.5) is 5.69 Å². The fraction of sp³-hybridized carbons (Fsp3) is 0.158. The van der Waals surface area contributed by atoms with Crippen LogP contribution in [0.3, 0.4) is 0 Å². The summed E-state index contributed by atoms with van der Waals surface area (Å²) in [6.45, 7) is 0.000874. The van der Waals surface area contributed by atoms with Crippen molar-refractivity contribution in [2.75, 3.05) is 20.6 Å². The van der Waals surface area contributed by atoms with Gasteiger partial charge in [0.25, 0.3) is 17.5 Å². The molecule has 0 atom stereocenters. The second-order valence-corrected chi connectivity index (χ2v) is 6.12. The van der Waals surface area contributed by atoms with Crippen molar-refractivity contribution in [3.05, 3.63) is 74.3 Å². The van der Waals surface area contributed by atoms with Gasteiger partial charge in [-0.05, 0) is 36.4 Å². The Balaban J connectivity index is 2.02. The molecule has 2 aromatic carbocycles. The van der Waals surface area contributed by atoms with Crippen LogP contribution in [0.2, 0.25) is 5.02 Å². The molecule has 8 heteroatoms. The lowest BCUT2D eigenvalue weighted by molar-refractivity contribution is -0.385. The fourth-order valence-electron chi connectivity index (χ4n) is 2.17. The zero-order chi connectivity index (χ0) is 20.0. The van der Waals surface area contributed by atoms with Crippen LogP contribution < -0.4 is 5.32 Å². The first-order valence-electron chi connectivity index (χ1n) is 7.82. The molecule has 0 spiro atoms. The summed E-state index contributed by atoms with van der Waals surface area (Å²) in [5.41, 5.74) is 0.771. The summed E-state index contributed by atoms with van der Waals surface area (Å²) in [5.74, 6) is 4.86. The van der Waals surface area contributed by atoms with Crippen LogP contribution in [0.25, 0.3) is 0 Å². The number of nitro benzene ring substituents is 1. The van der Waals surface area contributed by atoms with E-state index in [-0.39, 0.29) is 28.7 Å². The van der Waals surface area contributed by atoms with E-state index in [1.165, 1.54) is 23.1 Å². The summed E-state index contributed by atoms with van der Waals surface area (Å²) in [4.78, 5) is 35.8. The topological polar surface area (TPSA) is 92.6 Å². The van der Waals surface area contributed by atoms with Crippen molar-refractivity contribution in [2.24, 2.45) is 0 Å². The highest BCUT2D eigenvalue weighted by Crippen LogP contribution is 2.22. The van der Waals surface area contributed by atoms with E-state index in [1.54, 1.807) is 38.4 Å². The monoisotopic (exact) mass is 385 g/mol. The Kier molecular flexibility index (Phi) is 6.52. The predicted molar refractivity (Wildman–Crippen MR) is 102 cm³/mol. The van der Waals surface area contributed by atoms with Crippen molar-refractivity contribution in [1.82, 2.24) is 10.2 Å². The van der Waals surface area contributed by atoms with Crippen molar-refractivity contribution in [3.8, 4) is 11.8 Å². The molecule has 0 aromatic heterocycles. The molecule has 138 valence electrons. The molecule has 2 aromatic rings. The quantitative estimate of drug-likeness (QED) is 0.497. The minimum Gasteiger partial charge on any atom is -0.345 e. The van der Waals surface area contributed by atoms with Crippen LogP contribution in [0.1, 0.15) is 26.3 Å². The molecule has 0 saturated carbocycles. The normalized spacial score (nSPS) is 9.74. The number of hydrogen-bond donors (Lipinski definition) is 1. The van der Waals surface area contributed by atoms with Gasteiger partial charge in [0.05, 0.1) is 11.5 Å². The lowest BCUT2D eigenvalue weighted by atomic mass is 10.1. The Hall–Kier alpha value is -3.37. The van der Waals surface area contributed by atoms with E-state index >= 15 is 0 Å². The van der Waals surface area contributed by atoms with Gasteiger partial charge in [0.1, 0.15) is 5.56 Å². The Morgan fingerprint density at radius 2 is 1.85 bits per heavy atom. The average molecular weight is 386 g/mol. The highest BCUT2D eigenvalue weighted by molar-refractivity contribution is 6.31. The molecule has 0 radical (unpaired) electrons. The minimum atomic E-state index is -0.645. The Bertz CT molecular complexity index is 944. The number of nitrogens with zero attached hydrogens (tertiary/aromatic N) is 2. The molecule has 1 N–H and O–H groups in total. The smallest absolute Gasteiger partial charge is 0.282 e. The Labute approximate surface area is 161 Å². The Morgan fingerprint density at radius 3 is 2.44 bits per heavy atom. The molecular weight excluding hydrogens is 370 g/mol. The second kappa shape index (κ2) is 8.83. The first kappa shape index (κ1) is 19.9. The maximum Gasteiger partial charge on any atom is 0.282 e. The van der Waals surface area contributed by atoms with Gasteiger partial charge in [-0.15, -0.1) is 0 Å². The molecule has 0 aliphatic carbocycles. The number of benzene rings is 2. The lowest BCUT2D eigenvalue weighted by Gasteiger charge is -2.09. The van der Waals surface area contributed by atoms with Gasteiger partial charge in [-0.25, -0.2) is 0 Å². The minimum absolute atomic E-state index is 0.000874. The van der Waals surface area contributed by atoms with E-state index in [0.29, 0.717) is 11.1 Å². The molecule has 2 rings (SSSR count). The molecule has 0 bridgehead atoms. The molecule has 0 saturated heterocycles. The van der Waals surface area contributed by atoms with Crippen molar-refractivity contribution in [2.45, 2.75) is 0 Å². The molecule has 0 aliphatic rings. The van der Waals surface area contributed by atoms with Crippen molar-refractivity contribution in [1.29, 1.82) is 0 Å². The van der Waals surface area contributed by atoms with Crippen LogP contribution in [-0.2, 0) is 0 Å². The number of hydrogen-bond acceptors (Lipinski definition) is 4. The van der Waals surface area contributed by atoms with Crippen LogP contribution in [0, 0.1) is 22.0 Å². The standard InChI is InChI=1S/C19H16ClN3O4/c1-22(2)19(25)14-7-5-13(6-8-14)4-3-11-21-18(24)16-12-15(20)9-10-17(16)23(26)27/h5-10,12H,11H2,1-2H3,(H,21,24). The number of rotatable bonds is 4. The van der Waals surface area contributed by atoms with Crippen molar-refractivity contribution in [3.63, 3.8) is 0 Å². The summed E-state index contributed by atoms with van der Waals surface area (Å²) in [6.07, 6.45) is 0. The summed E-state index contributed by atoms with van der Waals surface area (Å²) in [7, 11) is 3.34. The highest BCUT2D eigenvalue weighted by Gasteiger charge is 2.19. The number of halogens is 1. The van der Waals surface area contributed by atoms with Gasteiger partial charge in [-0.2, -0.15) is 0 Å². The molecule has 0 aliphatic heterocycles. The zero-order valence-corrected chi connectivity index (χ0v) is 15.4. The number of carbonyl (C=O) groups excluding carboxylic acids is 2. The molecule has 0 unspecified atom stereocenters. The van der Waals surface area contributed by atoms with E-state index in [9.17, 15) is 19.7 Å². The second-order valence-electron chi connectivity index (χ2n) is 5.68. The van der Waals surface area contributed by atoms with Gasteiger partial charge in [-0.3, -0.25) is 19.7 Å². The predicted octanol–water partition coefficient (Wildman–Crippen LogP) is 2.73. The zero-order valence-electron chi connectivity index (χ0n) is 14.7. The van der Waals surface area contributed by atoms with Gasteiger partial charge in [-0.1, -0.05) is 23.4 Å². The molecule has 27 heavy (non-hydrogen) atoms. The number of amides is 2. The number of nitro groups is 1. The number of carbonyl (C=O) groups is 2. The van der Waals surface area contributed by atoms with E-state index in [0.717, 1.165) is 0 Å². The van der Waals surface area contributed by atoms with Gasteiger partial charge in [0, 0.05) is 36.3 Å². The first-order valence-corrected chi connectivity index (χ1v) is 8.20. The summed E-state index contributed by atoms with van der Waals surface area (Å²) in [6, 6.07) is 10.5. The third-order valence-electron chi connectivity index (χ3n) is 3.51. The van der Waals surface area contributed by atoms with Crippen LogP contribution >= 0.6 is 11.6 Å². The van der Waals surface area contributed by atoms with Gasteiger partial charge < -0.3 is 10.2 Å². The summed E-state index contributed by atoms with van der Waals surface area (Å²) in [5, 5.41) is 13.7. The molecule has 7 nitrogen and oxygen atoms in total. The lowest BCUT2D eigenvalue weighted by Crippen LogP contribution is -2.24. The fourth-order valence-corrected chi connectivity index (χ4v) is 2.34. The SMILES string of the molecule is CN(C)C(=O)c1ccc(C#CCNC(=O)c2cc(Cl)ccc2[N+](=O)[O-])cc1. The van der Waals surface area contributed by atoms with Crippen LogP contribution in [-0.4, -0.2) is 42.3 Å². The molecule has 0 fully saturated rings. The molecule has 0 heterocycles. The van der Waals surface area contributed by atoms with Gasteiger partial charge in [0.15, 0.2) is 0 Å². The maximum atomic E-state index is 12.1. The van der Waals surface area contributed by atoms with Crippen molar-refractivity contribution >= 4 is 29.1 Å². The third-order valence-corrected chi connectivity index (χ3v) is 3.74. The van der Waals surface area contributed by atoms with Crippen LogP contribution in [0.15, 0.2) is 42.5 Å². The highest BCUT2D eigenvalue weighted by atomic mass is 35.5. The van der Waals surface area contributed by atoms with E-state index in [2.05, 4.69) is 17.2 Å². The van der Waals surface area contributed by atoms with Crippen LogP contribution in [0.5, 0.6) is 0 Å². The molecular formula is C19H16ClN3O4.